The zero-order valence-corrected chi connectivity index (χ0v) is 22.0. The molecule has 206 valence electrons. The van der Waals surface area contributed by atoms with Crippen LogP contribution in [0.2, 0.25) is 0 Å². The van der Waals surface area contributed by atoms with Crippen molar-refractivity contribution in [2.24, 2.45) is 5.92 Å². The summed E-state index contributed by atoms with van der Waals surface area (Å²) in [5, 5.41) is 11.7. The van der Waals surface area contributed by atoms with Gasteiger partial charge >= 0.3 is 0 Å². The summed E-state index contributed by atoms with van der Waals surface area (Å²) in [6.07, 6.45) is 2.39. The van der Waals surface area contributed by atoms with Gasteiger partial charge in [0.15, 0.2) is 5.75 Å². The van der Waals surface area contributed by atoms with Crippen LogP contribution >= 0.6 is 0 Å². The molecular weight excluding hydrogens is 525 g/mol. The van der Waals surface area contributed by atoms with Gasteiger partial charge in [0.05, 0.1) is 17.1 Å². The molecule has 11 heteroatoms. The largest absolute Gasteiger partial charge is 0.455 e. The van der Waals surface area contributed by atoms with Gasteiger partial charge < -0.3 is 20.1 Å². The standard InChI is InChI=1S/C28H30FN3O6S/c29-22-7-9-23(10-8-22)38-26-4-2-1-3-25(26)31-39(36,37)24-11-5-21(6-12-24)28(35)30-19-27(34)32-16-13-20(14-17-32)15-18-33/h1-12,20,31,33H,13-19H2,(H,30,35). The van der Waals surface area contributed by atoms with Gasteiger partial charge in [-0.1, -0.05) is 12.1 Å². The Bertz CT molecular complexity index is 1390. The average Bonchev–Trinajstić information content (AvgIpc) is 2.94. The first-order chi connectivity index (χ1) is 18.7. The highest BCUT2D eigenvalue weighted by Crippen LogP contribution is 2.31. The number of rotatable bonds is 10. The summed E-state index contributed by atoms with van der Waals surface area (Å²) < 4.78 is 47.4. The van der Waals surface area contributed by atoms with Crippen molar-refractivity contribution >= 4 is 27.5 Å². The Labute approximate surface area is 226 Å². The van der Waals surface area contributed by atoms with E-state index >= 15 is 0 Å². The van der Waals surface area contributed by atoms with Gasteiger partial charge in [-0.15, -0.1) is 0 Å². The maximum absolute atomic E-state index is 13.2. The Morgan fingerprint density at radius 1 is 0.974 bits per heavy atom. The fourth-order valence-electron chi connectivity index (χ4n) is 4.28. The van der Waals surface area contributed by atoms with Crippen LogP contribution in [-0.4, -0.2) is 56.5 Å². The molecule has 39 heavy (non-hydrogen) atoms. The number of likely N-dealkylation sites (tertiary alicyclic amines) is 1. The molecule has 0 aromatic heterocycles. The van der Waals surface area contributed by atoms with Crippen molar-refractivity contribution in [3.63, 3.8) is 0 Å². The third kappa shape index (κ3) is 7.55. The summed E-state index contributed by atoms with van der Waals surface area (Å²) >= 11 is 0. The minimum Gasteiger partial charge on any atom is -0.455 e. The lowest BCUT2D eigenvalue weighted by Crippen LogP contribution is -2.44. The monoisotopic (exact) mass is 555 g/mol. The summed E-state index contributed by atoms with van der Waals surface area (Å²) in [6.45, 7) is 1.17. The van der Waals surface area contributed by atoms with Crippen LogP contribution in [0, 0.1) is 11.7 Å². The molecule has 0 unspecified atom stereocenters. The van der Waals surface area contributed by atoms with Gasteiger partial charge in [-0.05, 0) is 85.8 Å². The second kappa shape index (κ2) is 12.7. The van der Waals surface area contributed by atoms with Crippen molar-refractivity contribution in [2.45, 2.75) is 24.2 Å². The van der Waals surface area contributed by atoms with Gasteiger partial charge in [0, 0.05) is 25.3 Å². The zero-order chi connectivity index (χ0) is 27.8. The van der Waals surface area contributed by atoms with Crippen LogP contribution in [0.5, 0.6) is 11.5 Å². The SMILES string of the molecule is O=C(NCC(=O)N1CCC(CCO)CC1)c1ccc(S(=O)(=O)Nc2ccccc2Oc2ccc(F)cc2)cc1. The minimum atomic E-state index is -4.02. The Balaban J connectivity index is 1.34. The number of ether oxygens (including phenoxy) is 1. The number of nitrogens with one attached hydrogen (secondary N) is 2. The Kier molecular flexibility index (Phi) is 9.15. The highest BCUT2D eigenvalue weighted by atomic mass is 32.2. The van der Waals surface area contributed by atoms with Crippen molar-refractivity contribution in [1.29, 1.82) is 0 Å². The zero-order valence-electron chi connectivity index (χ0n) is 21.2. The molecule has 3 N–H and O–H groups in total. The second-order valence-corrected chi connectivity index (χ2v) is 10.9. The van der Waals surface area contributed by atoms with E-state index in [4.69, 9.17) is 9.84 Å². The quantitative estimate of drug-likeness (QED) is 0.350. The number of aliphatic hydroxyl groups is 1. The molecule has 0 bridgehead atoms. The lowest BCUT2D eigenvalue weighted by atomic mass is 9.94. The van der Waals surface area contributed by atoms with Crippen molar-refractivity contribution in [1.82, 2.24) is 10.2 Å². The van der Waals surface area contributed by atoms with Crippen LogP contribution in [-0.2, 0) is 14.8 Å². The van der Waals surface area contributed by atoms with Crippen molar-refractivity contribution in [3.05, 3.63) is 84.2 Å². The van der Waals surface area contributed by atoms with E-state index in [2.05, 4.69) is 10.0 Å². The number of aliphatic hydroxyl groups excluding tert-OH is 1. The molecule has 0 radical (unpaired) electrons. The molecule has 3 aromatic carbocycles. The third-order valence-corrected chi connectivity index (χ3v) is 7.89. The Morgan fingerprint density at radius 2 is 1.64 bits per heavy atom. The maximum Gasteiger partial charge on any atom is 0.262 e. The summed E-state index contributed by atoms with van der Waals surface area (Å²) in [6, 6.07) is 17.1. The van der Waals surface area contributed by atoms with Crippen molar-refractivity contribution in [2.75, 3.05) is 31.0 Å². The average molecular weight is 556 g/mol. The van der Waals surface area contributed by atoms with Crippen molar-refractivity contribution < 1.29 is 32.2 Å². The van der Waals surface area contributed by atoms with E-state index in [1.807, 2.05) is 0 Å². The number of para-hydroxylation sites is 2. The van der Waals surface area contributed by atoms with Crippen LogP contribution in [0.1, 0.15) is 29.6 Å². The molecule has 2 amide bonds. The fourth-order valence-corrected chi connectivity index (χ4v) is 5.35. The lowest BCUT2D eigenvalue weighted by Gasteiger charge is -2.31. The van der Waals surface area contributed by atoms with Gasteiger partial charge in [0.1, 0.15) is 11.6 Å². The summed E-state index contributed by atoms with van der Waals surface area (Å²) in [4.78, 5) is 26.6. The number of nitrogens with zero attached hydrogens (tertiary/aromatic N) is 1. The van der Waals surface area contributed by atoms with Gasteiger partial charge in [-0.3, -0.25) is 14.3 Å². The number of piperidine rings is 1. The molecule has 0 atom stereocenters. The number of hydrogen-bond acceptors (Lipinski definition) is 6. The Hall–Kier alpha value is -3.96. The van der Waals surface area contributed by atoms with Crippen LogP contribution in [0.4, 0.5) is 10.1 Å². The first-order valence-corrected chi connectivity index (χ1v) is 14.1. The van der Waals surface area contributed by atoms with Crippen LogP contribution in [0.15, 0.2) is 77.7 Å². The van der Waals surface area contributed by atoms with Gasteiger partial charge in [0.2, 0.25) is 5.91 Å². The molecule has 9 nitrogen and oxygen atoms in total. The number of carbonyl (C=O) groups is 2. The van der Waals surface area contributed by atoms with E-state index in [0.29, 0.717) is 24.8 Å². The maximum atomic E-state index is 13.2. The van der Waals surface area contributed by atoms with Gasteiger partial charge in [-0.2, -0.15) is 0 Å². The second-order valence-electron chi connectivity index (χ2n) is 9.20. The van der Waals surface area contributed by atoms with Gasteiger partial charge in [0.25, 0.3) is 15.9 Å². The molecule has 1 saturated heterocycles. The first-order valence-electron chi connectivity index (χ1n) is 12.6. The van der Waals surface area contributed by atoms with Crippen LogP contribution in [0.25, 0.3) is 0 Å². The van der Waals surface area contributed by atoms with E-state index in [1.54, 1.807) is 23.1 Å². The molecule has 0 saturated carbocycles. The molecule has 3 aromatic rings. The van der Waals surface area contributed by atoms with E-state index < -0.39 is 21.7 Å². The predicted octanol–water partition coefficient (Wildman–Crippen LogP) is 3.77. The Morgan fingerprint density at radius 3 is 2.31 bits per heavy atom. The molecule has 0 aliphatic carbocycles. The van der Waals surface area contributed by atoms with Gasteiger partial charge in [-0.25, -0.2) is 12.8 Å². The molecule has 1 aliphatic rings. The van der Waals surface area contributed by atoms with E-state index in [9.17, 15) is 22.4 Å². The molecule has 1 heterocycles. The van der Waals surface area contributed by atoms with E-state index in [0.717, 1.165) is 19.3 Å². The molecule has 0 spiro atoms. The number of halogens is 1. The minimum absolute atomic E-state index is 0.0718. The number of anilines is 1. The smallest absolute Gasteiger partial charge is 0.262 e. The highest BCUT2D eigenvalue weighted by molar-refractivity contribution is 7.92. The number of benzene rings is 3. The number of carbonyl (C=O) groups excluding carboxylic acids is 2. The predicted molar refractivity (Wildman–Crippen MR) is 144 cm³/mol. The molecule has 1 aliphatic heterocycles. The molecule has 4 rings (SSSR count). The van der Waals surface area contributed by atoms with E-state index in [-0.39, 0.29) is 41.0 Å². The fraction of sp³-hybridized carbons (Fsp3) is 0.286. The molecular formula is C28H30FN3O6S. The first kappa shape index (κ1) is 28.1. The third-order valence-electron chi connectivity index (χ3n) is 6.50. The summed E-state index contributed by atoms with van der Waals surface area (Å²) in [5.74, 6) is -0.123. The summed E-state index contributed by atoms with van der Waals surface area (Å²) in [5.41, 5.74) is 0.394. The van der Waals surface area contributed by atoms with Crippen LogP contribution < -0.4 is 14.8 Å². The van der Waals surface area contributed by atoms with Crippen LogP contribution in [0.3, 0.4) is 0 Å². The normalized spacial score (nSPS) is 14.1. The number of amides is 2. The summed E-state index contributed by atoms with van der Waals surface area (Å²) in [7, 11) is -4.02. The number of sulfonamides is 1. The lowest BCUT2D eigenvalue weighted by molar-refractivity contribution is -0.131. The van der Waals surface area contributed by atoms with Crippen molar-refractivity contribution in [3.8, 4) is 11.5 Å². The number of hydrogen-bond donors (Lipinski definition) is 3. The van der Waals surface area contributed by atoms with E-state index in [1.165, 1.54) is 54.6 Å². The highest BCUT2D eigenvalue weighted by Gasteiger charge is 2.23. The topological polar surface area (TPSA) is 125 Å². The molecule has 1 fully saturated rings.